The Bertz CT molecular complexity index is 1920. The third kappa shape index (κ3) is 8.06. The smallest absolute Gasteiger partial charge is 0.226 e. The molecule has 0 spiro atoms. The molecule has 0 aliphatic rings. The quantitative estimate of drug-likeness (QED) is 0.118. The molecule has 0 amide bonds. The first kappa shape index (κ1) is 35.6. The van der Waals surface area contributed by atoms with Gasteiger partial charge in [-0.2, -0.15) is 9.97 Å². The molecule has 0 aliphatic heterocycles. The van der Waals surface area contributed by atoms with Crippen LogP contribution < -0.4 is 9.47 Å². The summed E-state index contributed by atoms with van der Waals surface area (Å²) in [6.45, 7) is 13.2. The van der Waals surface area contributed by atoms with E-state index in [1.54, 1.807) is 14.2 Å². The van der Waals surface area contributed by atoms with Crippen molar-refractivity contribution in [2.24, 2.45) is 0 Å². The van der Waals surface area contributed by atoms with E-state index < -0.39 is 0 Å². The fraction of sp³-hybridized carbons (Fsp3) is 0.349. The monoisotopic (exact) mass is 684 g/mol. The summed E-state index contributed by atoms with van der Waals surface area (Å²) in [4.78, 5) is 9.60. The minimum Gasteiger partial charge on any atom is -0.495 e. The number of rotatable bonds is 12. The van der Waals surface area contributed by atoms with Gasteiger partial charge < -0.3 is 18.5 Å². The van der Waals surface area contributed by atoms with E-state index in [1.165, 1.54) is 11.1 Å². The maximum absolute atomic E-state index is 5.96. The van der Waals surface area contributed by atoms with Crippen LogP contribution in [-0.4, -0.2) is 34.5 Å². The molecule has 4 aromatic carbocycles. The second-order valence-corrected chi connectivity index (χ2v) is 15.0. The van der Waals surface area contributed by atoms with Crippen LogP contribution in [0.5, 0.6) is 11.5 Å². The molecule has 8 nitrogen and oxygen atoms in total. The van der Waals surface area contributed by atoms with Gasteiger partial charge in [-0.25, -0.2) is 0 Å². The van der Waals surface area contributed by atoms with Gasteiger partial charge in [0, 0.05) is 24.0 Å². The Balaban J connectivity index is 1.13. The third-order valence-corrected chi connectivity index (χ3v) is 9.19. The number of aryl methyl sites for hydroxylation is 2. The van der Waals surface area contributed by atoms with E-state index in [0.717, 1.165) is 64.1 Å². The normalized spacial score (nSPS) is 11.9. The highest BCUT2D eigenvalue weighted by molar-refractivity contribution is 5.82. The Morgan fingerprint density at radius 2 is 0.882 bits per heavy atom. The molecule has 0 atom stereocenters. The Labute approximate surface area is 301 Å². The minimum absolute atomic E-state index is 0.0795. The van der Waals surface area contributed by atoms with Crippen LogP contribution in [0.1, 0.15) is 83.7 Å². The fourth-order valence-corrected chi connectivity index (χ4v) is 6.22. The molecule has 0 saturated heterocycles. The summed E-state index contributed by atoms with van der Waals surface area (Å²) < 4.78 is 23.4. The maximum Gasteiger partial charge on any atom is 0.226 e. The number of methoxy groups -OCH3 is 2. The largest absolute Gasteiger partial charge is 0.495 e. The van der Waals surface area contributed by atoms with Crippen molar-refractivity contribution in [3.8, 4) is 56.5 Å². The molecular weight excluding hydrogens is 636 g/mol. The van der Waals surface area contributed by atoms with Gasteiger partial charge in [0.2, 0.25) is 23.4 Å². The Morgan fingerprint density at radius 3 is 1.24 bits per heavy atom. The zero-order valence-corrected chi connectivity index (χ0v) is 31.0. The van der Waals surface area contributed by atoms with E-state index >= 15 is 0 Å². The summed E-state index contributed by atoms with van der Waals surface area (Å²) in [5.41, 5.74) is 8.00. The molecule has 0 saturated carbocycles. The fourth-order valence-electron chi connectivity index (χ4n) is 6.22. The SMILES string of the molecule is COc1c(-c2ccccc2)cc(C(C)(C)C)cc1-c1noc(CCCCCc2nc(-c3cc(C(C)(C)C)cc(-c4ccccc4)c3OC)no2)n1. The first-order valence-corrected chi connectivity index (χ1v) is 17.7. The van der Waals surface area contributed by atoms with E-state index in [1.807, 2.05) is 36.4 Å². The average Bonchev–Trinajstić information content (AvgIpc) is 3.80. The lowest BCUT2D eigenvalue weighted by atomic mass is 9.83. The molecule has 2 heterocycles. The predicted molar refractivity (Wildman–Crippen MR) is 202 cm³/mol. The predicted octanol–water partition coefficient (Wildman–Crippen LogP) is 10.7. The van der Waals surface area contributed by atoms with Crippen molar-refractivity contribution in [1.29, 1.82) is 0 Å². The Kier molecular flexibility index (Phi) is 10.4. The standard InChI is InChI=1S/C43H48N4O4/c1-42(2,3)30-24-32(28-18-12-9-13-19-28)38(48-7)34(26-30)40-44-36(50-46-40)22-16-11-17-23-37-45-41(47-51-37)35-27-31(43(4,5)6)25-33(39(35)49-8)29-20-14-10-15-21-29/h9-10,12-15,18-21,24-27H,11,16-17,22-23H2,1-8H3. The van der Waals surface area contributed by atoms with E-state index in [4.69, 9.17) is 28.5 Å². The summed E-state index contributed by atoms with van der Waals surface area (Å²) >= 11 is 0. The summed E-state index contributed by atoms with van der Waals surface area (Å²) in [6.07, 6.45) is 4.07. The van der Waals surface area contributed by atoms with E-state index in [-0.39, 0.29) is 10.8 Å². The Morgan fingerprint density at radius 1 is 0.510 bits per heavy atom. The van der Waals surface area contributed by atoms with Gasteiger partial charge in [0.1, 0.15) is 11.5 Å². The van der Waals surface area contributed by atoms with Crippen molar-refractivity contribution in [2.45, 2.75) is 84.5 Å². The van der Waals surface area contributed by atoms with Crippen LogP contribution >= 0.6 is 0 Å². The molecular formula is C43H48N4O4. The molecule has 0 unspecified atom stereocenters. The van der Waals surface area contributed by atoms with Gasteiger partial charge in [-0.1, -0.05) is 119 Å². The van der Waals surface area contributed by atoms with Gasteiger partial charge in [0.25, 0.3) is 0 Å². The molecule has 6 aromatic rings. The molecule has 6 rings (SSSR count). The summed E-state index contributed by atoms with van der Waals surface area (Å²) in [5.74, 6) is 3.75. The zero-order valence-electron chi connectivity index (χ0n) is 31.0. The molecule has 0 fully saturated rings. The second-order valence-electron chi connectivity index (χ2n) is 15.0. The first-order valence-electron chi connectivity index (χ1n) is 17.7. The number of nitrogens with zero attached hydrogens (tertiary/aromatic N) is 4. The third-order valence-electron chi connectivity index (χ3n) is 9.19. The lowest BCUT2D eigenvalue weighted by Crippen LogP contribution is -2.12. The van der Waals surface area contributed by atoms with Gasteiger partial charge in [0.05, 0.1) is 25.3 Å². The summed E-state index contributed by atoms with van der Waals surface area (Å²) in [6, 6.07) is 29.2. The van der Waals surface area contributed by atoms with Crippen LogP contribution in [0.3, 0.4) is 0 Å². The van der Waals surface area contributed by atoms with Crippen LogP contribution in [0.2, 0.25) is 0 Å². The van der Waals surface area contributed by atoms with Crippen molar-refractivity contribution in [3.63, 3.8) is 0 Å². The lowest BCUT2D eigenvalue weighted by molar-refractivity contribution is 0.366. The number of benzene rings is 4. The number of ether oxygens (including phenoxy) is 2. The minimum atomic E-state index is -0.0795. The van der Waals surface area contributed by atoms with Crippen LogP contribution in [-0.2, 0) is 23.7 Å². The number of hydrogen-bond acceptors (Lipinski definition) is 8. The molecule has 51 heavy (non-hydrogen) atoms. The van der Waals surface area contributed by atoms with Crippen LogP contribution in [0.15, 0.2) is 94.0 Å². The number of unbranched alkanes of at least 4 members (excludes halogenated alkanes) is 2. The van der Waals surface area contributed by atoms with Crippen molar-refractivity contribution in [1.82, 2.24) is 20.3 Å². The topological polar surface area (TPSA) is 96.3 Å². The number of aromatic nitrogens is 4. The molecule has 0 N–H and O–H groups in total. The van der Waals surface area contributed by atoms with Crippen molar-refractivity contribution in [3.05, 3.63) is 108 Å². The van der Waals surface area contributed by atoms with Gasteiger partial charge in [-0.05, 0) is 70.2 Å². The second kappa shape index (κ2) is 14.9. The van der Waals surface area contributed by atoms with E-state index in [0.29, 0.717) is 36.3 Å². The highest BCUT2D eigenvalue weighted by Crippen LogP contribution is 2.43. The summed E-state index contributed by atoms with van der Waals surface area (Å²) in [5, 5.41) is 8.76. The maximum atomic E-state index is 5.96. The van der Waals surface area contributed by atoms with Crippen molar-refractivity contribution < 1.29 is 18.5 Å². The molecule has 0 bridgehead atoms. The van der Waals surface area contributed by atoms with Crippen LogP contribution in [0, 0.1) is 0 Å². The van der Waals surface area contributed by atoms with Crippen LogP contribution in [0.4, 0.5) is 0 Å². The van der Waals surface area contributed by atoms with Gasteiger partial charge in [-0.15, -0.1) is 0 Å². The molecule has 0 aliphatic carbocycles. The van der Waals surface area contributed by atoms with Crippen LogP contribution in [0.25, 0.3) is 45.0 Å². The van der Waals surface area contributed by atoms with Crippen molar-refractivity contribution in [2.75, 3.05) is 14.2 Å². The molecule has 0 radical (unpaired) electrons. The highest BCUT2D eigenvalue weighted by atomic mass is 16.5. The first-order chi connectivity index (χ1) is 24.5. The number of hydrogen-bond donors (Lipinski definition) is 0. The lowest BCUT2D eigenvalue weighted by Gasteiger charge is -2.23. The summed E-state index contributed by atoms with van der Waals surface area (Å²) in [7, 11) is 3.38. The average molecular weight is 685 g/mol. The van der Waals surface area contributed by atoms with Gasteiger partial charge in [-0.3, -0.25) is 0 Å². The van der Waals surface area contributed by atoms with Crippen molar-refractivity contribution >= 4 is 0 Å². The molecule has 8 heteroatoms. The molecule has 264 valence electrons. The van der Waals surface area contributed by atoms with Gasteiger partial charge >= 0.3 is 0 Å². The van der Waals surface area contributed by atoms with Gasteiger partial charge in [0.15, 0.2) is 0 Å². The van der Waals surface area contributed by atoms with E-state index in [2.05, 4.69) is 100 Å². The Hall–Kier alpha value is -5.24. The zero-order chi connectivity index (χ0) is 36.2. The molecule has 2 aromatic heterocycles. The van der Waals surface area contributed by atoms with E-state index in [9.17, 15) is 0 Å². The highest BCUT2D eigenvalue weighted by Gasteiger charge is 2.25.